The molecule has 6 heteroatoms. The summed E-state index contributed by atoms with van der Waals surface area (Å²) in [6.07, 6.45) is -0.0364. The highest BCUT2D eigenvalue weighted by Crippen LogP contribution is 2.27. The van der Waals surface area contributed by atoms with Crippen LogP contribution in [0.3, 0.4) is 0 Å². The molecule has 0 heterocycles. The minimum atomic E-state index is -0.425. The summed E-state index contributed by atoms with van der Waals surface area (Å²) in [6, 6.07) is 4.74. The van der Waals surface area contributed by atoms with Crippen molar-refractivity contribution in [2.75, 3.05) is 18.5 Å². The zero-order valence-electron chi connectivity index (χ0n) is 12.4. The fourth-order valence-corrected chi connectivity index (χ4v) is 1.73. The van der Waals surface area contributed by atoms with E-state index < -0.39 is 4.92 Å². The molecule has 1 aromatic carbocycles. The minimum Gasteiger partial charge on any atom is -0.491 e. The summed E-state index contributed by atoms with van der Waals surface area (Å²) in [4.78, 5) is 10.5. The van der Waals surface area contributed by atoms with Crippen LogP contribution in [0.5, 0.6) is 5.75 Å². The molecule has 112 valence electrons. The van der Waals surface area contributed by atoms with E-state index in [1.807, 2.05) is 27.7 Å². The topological polar surface area (TPSA) is 73.6 Å². The molecule has 0 aliphatic carbocycles. The monoisotopic (exact) mass is 282 g/mol. The van der Waals surface area contributed by atoms with Gasteiger partial charge in [0.25, 0.3) is 5.69 Å². The average Bonchev–Trinajstić information content (AvgIpc) is 2.35. The standard InChI is InChI=1S/C14H22N2O4/c1-5-19-9-11(4)15-12-6-13(16(17)18)8-14(7-12)20-10(2)3/h6-8,10-11,15H,5,9H2,1-4H3. The smallest absolute Gasteiger partial charge is 0.275 e. The van der Waals surface area contributed by atoms with E-state index in [-0.39, 0.29) is 17.8 Å². The molecule has 1 rings (SSSR count). The molecule has 0 aliphatic rings. The van der Waals surface area contributed by atoms with Crippen molar-refractivity contribution in [3.8, 4) is 5.75 Å². The van der Waals surface area contributed by atoms with Gasteiger partial charge in [0, 0.05) is 30.5 Å². The SMILES string of the molecule is CCOCC(C)Nc1cc(OC(C)C)cc([N+](=O)[O-])c1. The van der Waals surface area contributed by atoms with Gasteiger partial charge in [-0.3, -0.25) is 10.1 Å². The number of nitrogens with one attached hydrogen (secondary N) is 1. The van der Waals surface area contributed by atoms with E-state index in [4.69, 9.17) is 9.47 Å². The Morgan fingerprint density at radius 2 is 2.00 bits per heavy atom. The fourth-order valence-electron chi connectivity index (χ4n) is 1.73. The first kappa shape index (κ1) is 16.2. The normalized spacial score (nSPS) is 12.2. The van der Waals surface area contributed by atoms with Gasteiger partial charge in [0.1, 0.15) is 5.75 Å². The molecule has 20 heavy (non-hydrogen) atoms. The number of hydrogen-bond acceptors (Lipinski definition) is 5. The third-order valence-electron chi connectivity index (χ3n) is 2.46. The van der Waals surface area contributed by atoms with Gasteiger partial charge in [-0.25, -0.2) is 0 Å². The highest BCUT2D eigenvalue weighted by molar-refractivity contribution is 5.56. The van der Waals surface area contributed by atoms with E-state index in [1.54, 1.807) is 6.07 Å². The molecule has 0 amide bonds. The average molecular weight is 282 g/mol. The predicted molar refractivity (Wildman–Crippen MR) is 78.4 cm³/mol. The Kier molecular flexibility index (Phi) is 6.24. The van der Waals surface area contributed by atoms with E-state index in [2.05, 4.69) is 5.32 Å². The molecule has 1 aromatic rings. The maximum Gasteiger partial charge on any atom is 0.275 e. The molecule has 0 saturated heterocycles. The van der Waals surface area contributed by atoms with Gasteiger partial charge in [0.05, 0.1) is 23.7 Å². The number of nitro benzene ring substituents is 1. The summed E-state index contributed by atoms with van der Waals surface area (Å²) in [5.41, 5.74) is 0.663. The number of non-ortho nitro benzene ring substituents is 1. The van der Waals surface area contributed by atoms with Gasteiger partial charge in [-0.1, -0.05) is 0 Å². The Balaban J connectivity index is 2.88. The molecule has 1 unspecified atom stereocenters. The van der Waals surface area contributed by atoms with Crippen LogP contribution in [0.2, 0.25) is 0 Å². The van der Waals surface area contributed by atoms with Crippen molar-refractivity contribution in [3.05, 3.63) is 28.3 Å². The van der Waals surface area contributed by atoms with Crippen molar-refractivity contribution in [1.29, 1.82) is 0 Å². The van der Waals surface area contributed by atoms with E-state index in [9.17, 15) is 10.1 Å². The van der Waals surface area contributed by atoms with Crippen molar-refractivity contribution in [3.63, 3.8) is 0 Å². The molecular formula is C14H22N2O4. The summed E-state index contributed by atoms with van der Waals surface area (Å²) >= 11 is 0. The van der Waals surface area contributed by atoms with Crippen LogP contribution in [0.4, 0.5) is 11.4 Å². The lowest BCUT2D eigenvalue weighted by Gasteiger charge is -2.16. The Morgan fingerprint density at radius 3 is 2.55 bits per heavy atom. The predicted octanol–water partition coefficient (Wildman–Crippen LogP) is 3.22. The van der Waals surface area contributed by atoms with Crippen LogP contribution < -0.4 is 10.1 Å². The molecule has 6 nitrogen and oxygen atoms in total. The highest BCUT2D eigenvalue weighted by Gasteiger charge is 2.13. The first-order valence-corrected chi connectivity index (χ1v) is 6.72. The van der Waals surface area contributed by atoms with Gasteiger partial charge < -0.3 is 14.8 Å². The van der Waals surface area contributed by atoms with Crippen LogP contribution in [-0.2, 0) is 4.74 Å². The quantitative estimate of drug-likeness (QED) is 0.585. The first-order chi connectivity index (χ1) is 9.42. The fraction of sp³-hybridized carbons (Fsp3) is 0.571. The Morgan fingerprint density at radius 1 is 1.30 bits per heavy atom. The lowest BCUT2D eigenvalue weighted by Crippen LogP contribution is -2.21. The Bertz CT molecular complexity index is 449. The minimum absolute atomic E-state index is 0.00857. The van der Waals surface area contributed by atoms with Crippen LogP contribution >= 0.6 is 0 Å². The second kappa shape index (κ2) is 7.69. The van der Waals surface area contributed by atoms with E-state index in [1.165, 1.54) is 12.1 Å². The summed E-state index contributed by atoms with van der Waals surface area (Å²) in [6.45, 7) is 8.82. The third kappa shape index (κ3) is 5.44. The number of rotatable bonds is 8. The van der Waals surface area contributed by atoms with Gasteiger partial charge >= 0.3 is 0 Å². The van der Waals surface area contributed by atoms with Gasteiger partial charge in [0.2, 0.25) is 0 Å². The maximum absolute atomic E-state index is 10.9. The number of ether oxygens (including phenoxy) is 2. The molecule has 0 spiro atoms. The Hall–Kier alpha value is -1.82. The molecule has 0 bridgehead atoms. The number of benzene rings is 1. The number of nitrogens with zero attached hydrogens (tertiary/aromatic N) is 1. The number of hydrogen-bond donors (Lipinski definition) is 1. The number of anilines is 1. The Labute approximate surface area is 119 Å². The largest absolute Gasteiger partial charge is 0.491 e. The van der Waals surface area contributed by atoms with Crippen molar-refractivity contribution >= 4 is 11.4 Å². The van der Waals surface area contributed by atoms with Crippen molar-refractivity contribution in [2.24, 2.45) is 0 Å². The van der Waals surface area contributed by atoms with E-state index in [0.717, 1.165) is 0 Å². The van der Waals surface area contributed by atoms with Crippen LogP contribution in [-0.4, -0.2) is 30.3 Å². The van der Waals surface area contributed by atoms with Crippen molar-refractivity contribution in [1.82, 2.24) is 0 Å². The summed E-state index contributed by atoms with van der Waals surface area (Å²) in [7, 11) is 0. The van der Waals surface area contributed by atoms with Gasteiger partial charge in [0.15, 0.2) is 0 Å². The van der Waals surface area contributed by atoms with Gasteiger partial charge in [-0.2, -0.15) is 0 Å². The first-order valence-electron chi connectivity index (χ1n) is 6.72. The molecule has 0 fully saturated rings. The number of nitro groups is 1. The molecule has 1 N–H and O–H groups in total. The maximum atomic E-state index is 10.9. The molecule has 0 radical (unpaired) electrons. The van der Waals surface area contributed by atoms with Crippen LogP contribution in [0.25, 0.3) is 0 Å². The summed E-state index contributed by atoms with van der Waals surface area (Å²) in [5.74, 6) is 0.486. The molecule has 0 aliphatic heterocycles. The lowest BCUT2D eigenvalue weighted by atomic mass is 10.2. The summed E-state index contributed by atoms with van der Waals surface area (Å²) in [5, 5.41) is 14.1. The van der Waals surface area contributed by atoms with Crippen LogP contribution in [0.1, 0.15) is 27.7 Å². The van der Waals surface area contributed by atoms with Gasteiger partial charge in [-0.05, 0) is 27.7 Å². The highest BCUT2D eigenvalue weighted by atomic mass is 16.6. The zero-order valence-corrected chi connectivity index (χ0v) is 12.4. The summed E-state index contributed by atoms with van der Waals surface area (Å²) < 4.78 is 10.8. The van der Waals surface area contributed by atoms with E-state index >= 15 is 0 Å². The molecule has 0 saturated carbocycles. The van der Waals surface area contributed by atoms with Crippen LogP contribution in [0.15, 0.2) is 18.2 Å². The van der Waals surface area contributed by atoms with Crippen LogP contribution in [0, 0.1) is 10.1 Å². The van der Waals surface area contributed by atoms with E-state index in [0.29, 0.717) is 24.7 Å². The molecule has 1 atom stereocenters. The van der Waals surface area contributed by atoms with Crippen molar-refractivity contribution < 1.29 is 14.4 Å². The van der Waals surface area contributed by atoms with Crippen molar-refractivity contribution in [2.45, 2.75) is 39.8 Å². The lowest BCUT2D eigenvalue weighted by molar-refractivity contribution is -0.384. The zero-order chi connectivity index (χ0) is 15.1. The second-order valence-electron chi connectivity index (χ2n) is 4.84. The third-order valence-corrected chi connectivity index (χ3v) is 2.46. The van der Waals surface area contributed by atoms with Gasteiger partial charge in [-0.15, -0.1) is 0 Å². The molecular weight excluding hydrogens is 260 g/mol. The second-order valence-corrected chi connectivity index (χ2v) is 4.84. The molecule has 0 aromatic heterocycles.